The van der Waals surface area contributed by atoms with Gasteiger partial charge in [-0.1, -0.05) is 18.2 Å². The van der Waals surface area contributed by atoms with E-state index in [1.807, 2.05) is 32.0 Å². The highest BCUT2D eigenvalue weighted by Gasteiger charge is 2.13. The SMILES string of the molecule is CC(C)(Cl)CCc1ccccc1O. The summed E-state index contributed by atoms with van der Waals surface area (Å²) in [5, 5.41) is 9.46. The number of hydrogen-bond donors (Lipinski definition) is 1. The molecule has 0 aliphatic carbocycles. The quantitative estimate of drug-likeness (QED) is 0.739. The lowest BCUT2D eigenvalue weighted by Gasteiger charge is -2.15. The van der Waals surface area contributed by atoms with E-state index in [0.29, 0.717) is 5.75 Å². The second kappa shape index (κ2) is 4.01. The van der Waals surface area contributed by atoms with Crippen molar-refractivity contribution < 1.29 is 5.11 Å². The molecule has 1 aromatic carbocycles. The number of alkyl halides is 1. The molecule has 72 valence electrons. The van der Waals surface area contributed by atoms with Crippen molar-refractivity contribution in [1.82, 2.24) is 0 Å². The summed E-state index contributed by atoms with van der Waals surface area (Å²) < 4.78 is 0. The van der Waals surface area contributed by atoms with Gasteiger partial charge in [-0.15, -0.1) is 11.6 Å². The molecule has 0 amide bonds. The van der Waals surface area contributed by atoms with E-state index in [1.165, 1.54) is 0 Å². The normalized spacial score (nSPS) is 11.6. The molecule has 0 aromatic heterocycles. The van der Waals surface area contributed by atoms with E-state index in [2.05, 4.69) is 0 Å². The van der Waals surface area contributed by atoms with E-state index in [1.54, 1.807) is 6.07 Å². The van der Waals surface area contributed by atoms with Gasteiger partial charge < -0.3 is 5.11 Å². The second-order valence-corrected chi connectivity index (χ2v) is 4.87. The maximum atomic E-state index is 9.46. The molecule has 1 aromatic rings. The number of para-hydroxylation sites is 1. The summed E-state index contributed by atoms with van der Waals surface area (Å²) >= 11 is 6.05. The van der Waals surface area contributed by atoms with Gasteiger partial charge in [0.2, 0.25) is 0 Å². The van der Waals surface area contributed by atoms with Crippen LogP contribution in [0, 0.1) is 0 Å². The van der Waals surface area contributed by atoms with E-state index in [0.717, 1.165) is 18.4 Å². The first kappa shape index (κ1) is 10.4. The topological polar surface area (TPSA) is 20.2 Å². The third-order valence-electron chi connectivity index (χ3n) is 1.98. The summed E-state index contributed by atoms with van der Waals surface area (Å²) in [6.45, 7) is 3.96. The van der Waals surface area contributed by atoms with Gasteiger partial charge in [-0.05, 0) is 38.3 Å². The highest BCUT2D eigenvalue weighted by Crippen LogP contribution is 2.24. The van der Waals surface area contributed by atoms with Crippen LogP contribution >= 0.6 is 11.6 Å². The van der Waals surface area contributed by atoms with Crippen LogP contribution in [0.3, 0.4) is 0 Å². The van der Waals surface area contributed by atoms with Crippen LogP contribution in [0.25, 0.3) is 0 Å². The molecule has 1 rings (SSSR count). The maximum Gasteiger partial charge on any atom is 0.118 e. The Labute approximate surface area is 84.4 Å². The molecule has 1 nitrogen and oxygen atoms in total. The van der Waals surface area contributed by atoms with Crippen molar-refractivity contribution in [2.45, 2.75) is 31.6 Å². The maximum absolute atomic E-state index is 9.46. The molecule has 2 heteroatoms. The second-order valence-electron chi connectivity index (χ2n) is 3.85. The Morgan fingerprint density at radius 3 is 2.46 bits per heavy atom. The number of phenols is 1. The highest BCUT2D eigenvalue weighted by atomic mass is 35.5. The first-order valence-electron chi connectivity index (χ1n) is 4.45. The minimum Gasteiger partial charge on any atom is -0.508 e. The molecule has 0 unspecified atom stereocenters. The Morgan fingerprint density at radius 1 is 1.31 bits per heavy atom. The minimum absolute atomic E-state index is 0.192. The molecule has 0 aliphatic heterocycles. The predicted octanol–water partition coefficient (Wildman–Crippen LogP) is 3.34. The van der Waals surface area contributed by atoms with Crippen molar-refractivity contribution in [3.8, 4) is 5.75 Å². The van der Waals surface area contributed by atoms with Gasteiger partial charge in [0.25, 0.3) is 0 Å². The summed E-state index contributed by atoms with van der Waals surface area (Å²) in [7, 11) is 0. The summed E-state index contributed by atoms with van der Waals surface area (Å²) in [6, 6.07) is 7.38. The molecule has 1 N–H and O–H groups in total. The molecule has 0 saturated carbocycles. The molecule has 0 atom stereocenters. The molecular formula is C11H15ClO. The van der Waals surface area contributed by atoms with Crippen molar-refractivity contribution in [2.75, 3.05) is 0 Å². The number of halogens is 1. The van der Waals surface area contributed by atoms with Crippen LogP contribution in [0.4, 0.5) is 0 Å². The summed E-state index contributed by atoms with van der Waals surface area (Å²) in [6.07, 6.45) is 1.69. The minimum atomic E-state index is -0.192. The Balaban J connectivity index is 2.60. The molecule has 0 bridgehead atoms. The van der Waals surface area contributed by atoms with E-state index < -0.39 is 0 Å². The van der Waals surface area contributed by atoms with Crippen LogP contribution < -0.4 is 0 Å². The predicted molar refractivity (Wildman–Crippen MR) is 56.4 cm³/mol. The molecule has 0 aliphatic rings. The molecule has 0 saturated heterocycles. The molecule has 0 radical (unpaired) electrons. The van der Waals surface area contributed by atoms with Crippen molar-refractivity contribution >= 4 is 11.6 Å². The average Bonchev–Trinajstić information content (AvgIpc) is 2.01. The zero-order chi connectivity index (χ0) is 9.90. The van der Waals surface area contributed by atoms with Crippen molar-refractivity contribution in [1.29, 1.82) is 0 Å². The van der Waals surface area contributed by atoms with Crippen LogP contribution in [-0.2, 0) is 6.42 Å². The first-order chi connectivity index (χ1) is 5.99. The number of benzene rings is 1. The number of rotatable bonds is 3. The van der Waals surface area contributed by atoms with E-state index in [-0.39, 0.29) is 4.87 Å². The Kier molecular flexibility index (Phi) is 3.21. The smallest absolute Gasteiger partial charge is 0.118 e. The molecule has 13 heavy (non-hydrogen) atoms. The lowest BCUT2D eigenvalue weighted by atomic mass is 10.0. The van der Waals surface area contributed by atoms with E-state index in [9.17, 15) is 5.11 Å². The fourth-order valence-corrected chi connectivity index (χ4v) is 1.25. The Morgan fingerprint density at radius 2 is 1.92 bits per heavy atom. The van der Waals surface area contributed by atoms with Crippen molar-refractivity contribution in [3.63, 3.8) is 0 Å². The van der Waals surface area contributed by atoms with Gasteiger partial charge in [0.15, 0.2) is 0 Å². The third kappa shape index (κ3) is 3.69. The number of aryl methyl sites for hydroxylation is 1. The van der Waals surface area contributed by atoms with Crippen LogP contribution in [0.15, 0.2) is 24.3 Å². The van der Waals surface area contributed by atoms with Gasteiger partial charge >= 0.3 is 0 Å². The lowest BCUT2D eigenvalue weighted by molar-refractivity contribution is 0.465. The van der Waals surface area contributed by atoms with Crippen LogP contribution in [0.2, 0.25) is 0 Å². The first-order valence-corrected chi connectivity index (χ1v) is 4.83. The van der Waals surface area contributed by atoms with Crippen LogP contribution in [0.5, 0.6) is 5.75 Å². The van der Waals surface area contributed by atoms with Crippen molar-refractivity contribution in [2.24, 2.45) is 0 Å². The van der Waals surface area contributed by atoms with Gasteiger partial charge in [-0.2, -0.15) is 0 Å². The number of aromatic hydroxyl groups is 1. The monoisotopic (exact) mass is 198 g/mol. The van der Waals surface area contributed by atoms with Crippen LogP contribution in [0.1, 0.15) is 25.8 Å². The third-order valence-corrected chi connectivity index (χ3v) is 2.17. The zero-order valence-corrected chi connectivity index (χ0v) is 8.80. The van der Waals surface area contributed by atoms with Gasteiger partial charge in [-0.25, -0.2) is 0 Å². The van der Waals surface area contributed by atoms with E-state index >= 15 is 0 Å². The van der Waals surface area contributed by atoms with Gasteiger partial charge in [0.1, 0.15) is 5.75 Å². The largest absolute Gasteiger partial charge is 0.508 e. The summed E-state index contributed by atoms with van der Waals surface area (Å²) in [5.41, 5.74) is 0.969. The molecule has 0 fully saturated rings. The molecular weight excluding hydrogens is 184 g/mol. The summed E-state index contributed by atoms with van der Waals surface area (Å²) in [4.78, 5) is -0.192. The van der Waals surface area contributed by atoms with Gasteiger partial charge in [-0.3, -0.25) is 0 Å². The van der Waals surface area contributed by atoms with Gasteiger partial charge in [0, 0.05) is 4.87 Å². The van der Waals surface area contributed by atoms with Gasteiger partial charge in [0.05, 0.1) is 0 Å². The van der Waals surface area contributed by atoms with Crippen molar-refractivity contribution in [3.05, 3.63) is 29.8 Å². The fourth-order valence-electron chi connectivity index (χ4n) is 1.15. The molecule has 0 spiro atoms. The Bertz CT molecular complexity index is 276. The summed E-state index contributed by atoms with van der Waals surface area (Å²) in [5.74, 6) is 0.364. The zero-order valence-electron chi connectivity index (χ0n) is 8.05. The highest BCUT2D eigenvalue weighted by molar-refractivity contribution is 6.23. The van der Waals surface area contributed by atoms with Crippen LogP contribution in [-0.4, -0.2) is 9.98 Å². The van der Waals surface area contributed by atoms with E-state index in [4.69, 9.17) is 11.6 Å². The molecule has 0 heterocycles. The fraction of sp³-hybridized carbons (Fsp3) is 0.455. The average molecular weight is 199 g/mol. The number of phenolic OH excluding ortho intramolecular Hbond substituents is 1. The number of hydrogen-bond acceptors (Lipinski definition) is 1. The standard InChI is InChI=1S/C11H15ClO/c1-11(2,12)8-7-9-5-3-4-6-10(9)13/h3-6,13H,7-8H2,1-2H3. The lowest BCUT2D eigenvalue weighted by Crippen LogP contribution is -2.10. The Hall–Kier alpha value is -0.690.